The van der Waals surface area contributed by atoms with Crippen molar-refractivity contribution in [3.63, 3.8) is 0 Å². The Morgan fingerprint density at radius 2 is 1.77 bits per heavy atom. The van der Waals surface area contributed by atoms with Gasteiger partial charge in [0.05, 0.1) is 17.7 Å². The lowest BCUT2D eigenvalue weighted by Gasteiger charge is -2.25. The largest absolute Gasteiger partial charge is 0.417 e. The normalized spacial score (nSPS) is 16.1. The number of carbonyl (C=O) groups is 1. The van der Waals surface area contributed by atoms with E-state index >= 15 is 0 Å². The maximum atomic E-state index is 13.3. The van der Waals surface area contributed by atoms with Crippen molar-refractivity contribution < 1.29 is 18.0 Å². The van der Waals surface area contributed by atoms with Gasteiger partial charge in [0.25, 0.3) is 5.91 Å². The van der Waals surface area contributed by atoms with Crippen LogP contribution in [0.4, 0.5) is 19.1 Å². The molecule has 3 N–H and O–H groups in total. The Kier molecular flexibility index (Phi) is 11.3. The Hall–Kier alpha value is -3.67. The van der Waals surface area contributed by atoms with Crippen molar-refractivity contribution >= 4 is 34.8 Å². The van der Waals surface area contributed by atoms with Crippen molar-refractivity contribution in [2.75, 3.05) is 31.5 Å². The zero-order valence-corrected chi connectivity index (χ0v) is 23.8. The van der Waals surface area contributed by atoms with E-state index in [2.05, 4.69) is 49.9 Å². The standard InChI is InChI=1S/C28H32F3N7O.BrH/c1-20(18-21-8-3-2-4-9-21)36-27(38-17-12-22(19-38)37-26-33-13-7-14-34-26)35-16-15-32-25(39)23-10-5-6-11-24(23)28(29,30)31;/h2-11,13-14,20,22H,12,15-19H2,1H3,(H,32,39)(H,35,36)(H,33,34,37);1H. The number of anilines is 1. The number of alkyl halides is 3. The number of nitrogens with one attached hydrogen (secondary N) is 3. The summed E-state index contributed by atoms with van der Waals surface area (Å²) in [7, 11) is 0. The number of halogens is 4. The first-order valence-electron chi connectivity index (χ1n) is 12.9. The average Bonchev–Trinajstić information content (AvgIpc) is 3.39. The molecule has 2 unspecified atom stereocenters. The number of carbonyl (C=O) groups excluding carboxylic acids is 1. The van der Waals surface area contributed by atoms with Crippen LogP contribution in [0.15, 0.2) is 78.0 Å². The molecule has 0 aliphatic carbocycles. The second kappa shape index (κ2) is 14.6. The van der Waals surface area contributed by atoms with Gasteiger partial charge in [-0.1, -0.05) is 42.5 Å². The molecule has 0 saturated carbocycles. The second-order valence-corrected chi connectivity index (χ2v) is 9.39. The summed E-state index contributed by atoms with van der Waals surface area (Å²) < 4.78 is 39.9. The zero-order chi connectivity index (χ0) is 27.7. The minimum atomic E-state index is -4.61. The van der Waals surface area contributed by atoms with Crippen LogP contribution < -0.4 is 16.0 Å². The van der Waals surface area contributed by atoms with Gasteiger partial charge in [0.2, 0.25) is 5.95 Å². The zero-order valence-electron chi connectivity index (χ0n) is 22.1. The van der Waals surface area contributed by atoms with Gasteiger partial charge in [0.15, 0.2) is 5.96 Å². The van der Waals surface area contributed by atoms with Gasteiger partial charge < -0.3 is 20.9 Å². The number of likely N-dealkylation sites (tertiary alicyclic amines) is 1. The number of aromatic nitrogens is 2. The summed E-state index contributed by atoms with van der Waals surface area (Å²) >= 11 is 0. The van der Waals surface area contributed by atoms with Gasteiger partial charge >= 0.3 is 6.18 Å². The first-order valence-corrected chi connectivity index (χ1v) is 12.9. The minimum Gasteiger partial charge on any atom is -0.353 e. The van der Waals surface area contributed by atoms with Crippen LogP contribution in [0.2, 0.25) is 0 Å². The molecule has 1 aliphatic heterocycles. The van der Waals surface area contributed by atoms with Crippen molar-refractivity contribution in [3.05, 3.63) is 89.7 Å². The molecule has 12 heteroatoms. The number of hydrogen-bond donors (Lipinski definition) is 3. The summed E-state index contributed by atoms with van der Waals surface area (Å²) in [5.41, 5.74) is -0.170. The predicted octanol–water partition coefficient (Wildman–Crippen LogP) is 4.57. The third-order valence-corrected chi connectivity index (χ3v) is 6.28. The van der Waals surface area contributed by atoms with E-state index in [0.717, 1.165) is 25.5 Å². The van der Waals surface area contributed by atoms with Crippen LogP contribution in [-0.2, 0) is 12.6 Å². The van der Waals surface area contributed by atoms with E-state index in [4.69, 9.17) is 4.99 Å². The van der Waals surface area contributed by atoms with Crippen LogP contribution in [0.5, 0.6) is 0 Å². The third-order valence-electron chi connectivity index (χ3n) is 6.28. The fourth-order valence-corrected chi connectivity index (χ4v) is 4.46. The number of aliphatic imine (C=N–C) groups is 1. The van der Waals surface area contributed by atoms with Crippen LogP contribution in [0.25, 0.3) is 0 Å². The number of nitrogens with zero attached hydrogens (tertiary/aromatic N) is 4. The lowest BCUT2D eigenvalue weighted by Crippen LogP contribution is -2.46. The molecule has 8 nitrogen and oxygen atoms in total. The summed E-state index contributed by atoms with van der Waals surface area (Å²) in [5, 5.41) is 9.41. The molecule has 0 radical (unpaired) electrons. The van der Waals surface area contributed by atoms with Gasteiger partial charge in [-0.05, 0) is 43.5 Å². The molecule has 1 saturated heterocycles. The highest BCUT2D eigenvalue weighted by atomic mass is 79.9. The first kappa shape index (κ1) is 30.9. The van der Waals surface area contributed by atoms with E-state index in [0.29, 0.717) is 18.5 Å². The van der Waals surface area contributed by atoms with Crippen molar-refractivity contribution in [3.8, 4) is 0 Å². The highest BCUT2D eigenvalue weighted by molar-refractivity contribution is 8.93. The van der Waals surface area contributed by atoms with Crippen LogP contribution >= 0.6 is 17.0 Å². The van der Waals surface area contributed by atoms with E-state index in [9.17, 15) is 18.0 Å². The molecule has 2 aromatic carbocycles. The van der Waals surface area contributed by atoms with Crippen molar-refractivity contribution in [2.24, 2.45) is 4.99 Å². The Labute approximate surface area is 242 Å². The molecule has 3 aromatic rings. The van der Waals surface area contributed by atoms with Gasteiger partial charge in [0, 0.05) is 44.1 Å². The number of benzene rings is 2. The monoisotopic (exact) mass is 619 g/mol. The molecule has 214 valence electrons. The Balaban J connectivity index is 0.00000441. The summed E-state index contributed by atoms with van der Waals surface area (Å²) in [4.78, 5) is 27.8. The highest BCUT2D eigenvalue weighted by Gasteiger charge is 2.34. The topological polar surface area (TPSA) is 94.5 Å². The summed E-state index contributed by atoms with van der Waals surface area (Å²) in [6.07, 6.45) is 0.407. The molecule has 4 rings (SSSR count). The Morgan fingerprint density at radius 3 is 2.50 bits per heavy atom. The molecule has 1 fully saturated rings. The summed E-state index contributed by atoms with van der Waals surface area (Å²) in [6.45, 7) is 3.79. The van der Waals surface area contributed by atoms with Crippen molar-refractivity contribution in [1.82, 2.24) is 25.5 Å². The third kappa shape index (κ3) is 8.94. The molecule has 0 bridgehead atoms. The van der Waals surface area contributed by atoms with E-state index in [-0.39, 0.29) is 42.2 Å². The number of amides is 1. The van der Waals surface area contributed by atoms with E-state index in [1.54, 1.807) is 18.5 Å². The molecular formula is C28H33BrF3N7O. The molecule has 2 heterocycles. The lowest BCUT2D eigenvalue weighted by molar-refractivity contribution is -0.137. The maximum Gasteiger partial charge on any atom is 0.417 e. The quantitative estimate of drug-likeness (QED) is 0.185. The predicted molar refractivity (Wildman–Crippen MR) is 155 cm³/mol. The minimum absolute atomic E-state index is 0. The van der Waals surface area contributed by atoms with Gasteiger partial charge in [-0.25, -0.2) is 9.97 Å². The average molecular weight is 621 g/mol. The van der Waals surface area contributed by atoms with Gasteiger partial charge in [-0.3, -0.25) is 9.79 Å². The molecule has 1 aliphatic rings. The maximum absolute atomic E-state index is 13.3. The molecule has 40 heavy (non-hydrogen) atoms. The molecule has 1 amide bonds. The molecule has 1 aromatic heterocycles. The lowest BCUT2D eigenvalue weighted by atomic mass is 10.1. The SMILES string of the molecule is Br.CC(Cc1ccccc1)NC(=NCCNC(=O)c1ccccc1C(F)(F)F)N1CCC(Nc2ncccn2)C1. The van der Waals surface area contributed by atoms with Crippen LogP contribution in [0, 0.1) is 0 Å². The van der Waals surface area contributed by atoms with Crippen molar-refractivity contribution in [1.29, 1.82) is 0 Å². The van der Waals surface area contributed by atoms with E-state index in [1.807, 2.05) is 18.2 Å². The van der Waals surface area contributed by atoms with Gasteiger partial charge in [-0.2, -0.15) is 13.2 Å². The van der Waals surface area contributed by atoms with Crippen LogP contribution in [0.1, 0.15) is 34.8 Å². The van der Waals surface area contributed by atoms with E-state index < -0.39 is 23.2 Å². The number of rotatable bonds is 9. The van der Waals surface area contributed by atoms with Crippen LogP contribution in [-0.4, -0.2) is 65.0 Å². The van der Waals surface area contributed by atoms with E-state index in [1.165, 1.54) is 23.8 Å². The molecule has 2 atom stereocenters. The summed E-state index contributed by atoms with van der Waals surface area (Å²) in [6, 6.07) is 16.8. The molecular weight excluding hydrogens is 587 g/mol. The van der Waals surface area contributed by atoms with Crippen molar-refractivity contribution in [2.45, 2.75) is 38.0 Å². The Morgan fingerprint density at radius 1 is 1.07 bits per heavy atom. The van der Waals surface area contributed by atoms with Gasteiger partial charge in [-0.15, -0.1) is 17.0 Å². The Bertz CT molecular complexity index is 1250. The molecule has 0 spiro atoms. The fourth-order valence-electron chi connectivity index (χ4n) is 4.46. The first-order chi connectivity index (χ1) is 18.8. The smallest absolute Gasteiger partial charge is 0.353 e. The highest BCUT2D eigenvalue weighted by Crippen LogP contribution is 2.31. The van der Waals surface area contributed by atoms with Gasteiger partial charge in [0.1, 0.15) is 0 Å². The van der Waals surface area contributed by atoms with Crippen LogP contribution in [0.3, 0.4) is 0 Å². The summed E-state index contributed by atoms with van der Waals surface area (Å²) in [5.74, 6) is 0.468. The second-order valence-electron chi connectivity index (χ2n) is 9.39. The number of guanidine groups is 1. The fraction of sp³-hybridized carbons (Fsp3) is 0.357. The number of hydrogen-bond acceptors (Lipinski definition) is 5.